The molecule has 0 spiro atoms. The maximum Gasteiger partial charge on any atom is 0.344 e. The molecule has 1 heterocycles. The lowest BCUT2D eigenvalue weighted by atomic mass is 10.0. The average Bonchev–Trinajstić information content (AvgIpc) is 2.74. The van der Waals surface area contributed by atoms with Gasteiger partial charge in [0.2, 0.25) is 11.8 Å². The van der Waals surface area contributed by atoms with Crippen molar-refractivity contribution >= 4 is 51.0 Å². The first-order valence-corrected chi connectivity index (χ1v) is 9.10. The van der Waals surface area contributed by atoms with Crippen molar-refractivity contribution in [3.63, 3.8) is 0 Å². The minimum Gasteiger partial charge on any atom is -0.422 e. The van der Waals surface area contributed by atoms with E-state index in [1.807, 2.05) is 0 Å². The molecule has 0 fully saturated rings. The Labute approximate surface area is 174 Å². The Bertz CT molecular complexity index is 1440. The number of urea groups is 1. The summed E-state index contributed by atoms with van der Waals surface area (Å²) in [6, 6.07) is 14.8. The van der Waals surface area contributed by atoms with Gasteiger partial charge in [-0.2, -0.15) is 0 Å². The standard InChI is InChI=1S/C22H16N4O5/c23-19(27)11-2-1-3-13(8-11)25-22(30)26-14-5-7-18-17(10-14)16-9-12(20(24)28)4-6-15(16)21(29)31-18/h1-10H,(H2,23,27)(H2,24,28)(H2,25,26,30). The molecule has 0 atom stereocenters. The van der Waals surface area contributed by atoms with E-state index in [0.29, 0.717) is 27.7 Å². The molecule has 4 rings (SSSR count). The van der Waals surface area contributed by atoms with Gasteiger partial charge in [0.05, 0.1) is 5.39 Å². The number of hydrogen-bond acceptors (Lipinski definition) is 5. The SMILES string of the molecule is NC(=O)c1cccc(NC(=O)Nc2ccc3oc(=O)c4ccc(C(N)=O)cc4c3c2)c1. The molecule has 0 saturated carbocycles. The van der Waals surface area contributed by atoms with E-state index in [4.69, 9.17) is 15.9 Å². The summed E-state index contributed by atoms with van der Waals surface area (Å²) < 4.78 is 5.32. The van der Waals surface area contributed by atoms with Gasteiger partial charge in [0.1, 0.15) is 5.58 Å². The number of primary amides is 2. The lowest BCUT2D eigenvalue weighted by molar-refractivity contribution is 0.0992. The van der Waals surface area contributed by atoms with Gasteiger partial charge in [-0.1, -0.05) is 6.07 Å². The van der Waals surface area contributed by atoms with Gasteiger partial charge in [0, 0.05) is 33.3 Å². The zero-order chi connectivity index (χ0) is 22.1. The summed E-state index contributed by atoms with van der Waals surface area (Å²) in [6.45, 7) is 0. The summed E-state index contributed by atoms with van der Waals surface area (Å²) in [5.74, 6) is -1.24. The van der Waals surface area contributed by atoms with Crippen molar-refractivity contribution in [1.29, 1.82) is 0 Å². The molecule has 0 unspecified atom stereocenters. The summed E-state index contributed by atoms with van der Waals surface area (Å²) in [5, 5.41) is 6.55. The van der Waals surface area contributed by atoms with Crippen LogP contribution in [0.3, 0.4) is 0 Å². The average molecular weight is 416 g/mol. The number of nitrogens with two attached hydrogens (primary N) is 2. The zero-order valence-corrected chi connectivity index (χ0v) is 16.0. The third kappa shape index (κ3) is 3.92. The van der Waals surface area contributed by atoms with Crippen molar-refractivity contribution in [2.45, 2.75) is 0 Å². The summed E-state index contributed by atoms with van der Waals surface area (Å²) in [7, 11) is 0. The van der Waals surface area contributed by atoms with Crippen molar-refractivity contribution in [1.82, 2.24) is 0 Å². The highest BCUT2D eigenvalue weighted by Gasteiger charge is 2.12. The Balaban J connectivity index is 1.68. The number of fused-ring (bicyclic) bond motifs is 3. The third-order valence-electron chi connectivity index (χ3n) is 4.66. The second-order valence-electron chi connectivity index (χ2n) is 6.75. The van der Waals surface area contributed by atoms with Gasteiger partial charge in [0.15, 0.2) is 0 Å². The van der Waals surface area contributed by atoms with Crippen LogP contribution in [0.1, 0.15) is 20.7 Å². The minimum absolute atomic E-state index is 0.241. The van der Waals surface area contributed by atoms with E-state index in [-0.39, 0.29) is 16.5 Å². The van der Waals surface area contributed by atoms with E-state index >= 15 is 0 Å². The summed E-state index contributed by atoms with van der Waals surface area (Å²) in [6.07, 6.45) is 0. The van der Waals surface area contributed by atoms with Crippen LogP contribution in [0.4, 0.5) is 16.2 Å². The molecule has 1 aromatic heterocycles. The van der Waals surface area contributed by atoms with E-state index in [1.54, 1.807) is 24.3 Å². The second kappa shape index (κ2) is 7.64. The highest BCUT2D eigenvalue weighted by Crippen LogP contribution is 2.27. The van der Waals surface area contributed by atoms with Crippen LogP contribution in [0.25, 0.3) is 21.7 Å². The Morgan fingerprint density at radius 1 is 0.710 bits per heavy atom. The molecular weight excluding hydrogens is 400 g/mol. The maximum absolute atomic E-state index is 12.4. The van der Waals surface area contributed by atoms with E-state index < -0.39 is 23.5 Å². The minimum atomic E-state index is -0.630. The summed E-state index contributed by atoms with van der Waals surface area (Å²) in [4.78, 5) is 47.4. The highest BCUT2D eigenvalue weighted by molar-refractivity contribution is 6.09. The Hall–Kier alpha value is -4.66. The van der Waals surface area contributed by atoms with E-state index in [2.05, 4.69) is 10.6 Å². The number of rotatable bonds is 4. The van der Waals surface area contributed by atoms with Crippen LogP contribution in [-0.2, 0) is 0 Å². The quantitative estimate of drug-likeness (QED) is 0.297. The molecule has 3 aromatic carbocycles. The predicted octanol–water partition coefficient (Wildman–Crippen LogP) is 2.79. The van der Waals surface area contributed by atoms with Gasteiger partial charge in [-0.15, -0.1) is 0 Å². The molecule has 6 N–H and O–H groups in total. The summed E-state index contributed by atoms with van der Waals surface area (Å²) in [5.41, 5.74) is 11.6. The topological polar surface area (TPSA) is 158 Å². The Kier molecular flexibility index (Phi) is 4.84. The van der Waals surface area contributed by atoms with Gasteiger partial charge in [0.25, 0.3) is 0 Å². The first kappa shape index (κ1) is 19.6. The molecule has 0 radical (unpaired) electrons. The van der Waals surface area contributed by atoms with Crippen molar-refractivity contribution in [2.24, 2.45) is 11.5 Å². The van der Waals surface area contributed by atoms with Crippen LogP contribution < -0.4 is 27.7 Å². The van der Waals surface area contributed by atoms with Crippen LogP contribution in [-0.4, -0.2) is 17.8 Å². The van der Waals surface area contributed by atoms with Crippen LogP contribution >= 0.6 is 0 Å². The van der Waals surface area contributed by atoms with Gasteiger partial charge in [-0.05, 0) is 54.6 Å². The maximum atomic E-state index is 12.4. The van der Waals surface area contributed by atoms with Crippen molar-refractivity contribution in [3.05, 3.63) is 82.2 Å². The molecular formula is C22H16N4O5. The van der Waals surface area contributed by atoms with E-state index in [0.717, 1.165) is 0 Å². The van der Waals surface area contributed by atoms with Crippen LogP contribution in [0.15, 0.2) is 69.9 Å². The van der Waals surface area contributed by atoms with Gasteiger partial charge in [-0.3, -0.25) is 9.59 Å². The number of carbonyl (C=O) groups is 3. The molecule has 0 aliphatic carbocycles. The van der Waals surface area contributed by atoms with Crippen molar-refractivity contribution < 1.29 is 18.8 Å². The molecule has 31 heavy (non-hydrogen) atoms. The Morgan fingerprint density at radius 2 is 1.39 bits per heavy atom. The number of amides is 4. The number of carbonyl (C=O) groups excluding carboxylic acids is 3. The van der Waals surface area contributed by atoms with E-state index in [9.17, 15) is 19.2 Å². The van der Waals surface area contributed by atoms with Crippen molar-refractivity contribution in [3.8, 4) is 0 Å². The van der Waals surface area contributed by atoms with Crippen molar-refractivity contribution in [2.75, 3.05) is 10.6 Å². The lowest BCUT2D eigenvalue weighted by Gasteiger charge is -2.10. The van der Waals surface area contributed by atoms with Crippen LogP contribution in [0, 0.1) is 0 Å². The molecule has 0 saturated heterocycles. The molecule has 0 aliphatic rings. The second-order valence-corrected chi connectivity index (χ2v) is 6.75. The molecule has 9 nitrogen and oxygen atoms in total. The number of benzene rings is 3. The van der Waals surface area contributed by atoms with Gasteiger partial charge >= 0.3 is 11.7 Å². The zero-order valence-electron chi connectivity index (χ0n) is 16.0. The normalized spacial score (nSPS) is 10.7. The number of anilines is 2. The fourth-order valence-electron chi connectivity index (χ4n) is 3.20. The predicted molar refractivity (Wildman–Crippen MR) is 116 cm³/mol. The number of nitrogens with one attached hydrogen (secondary N) is 2. The van der Waals surface area contributed by atoms with Gasteiger partial charge in [-0.25, -0.2) is 9.59 Å². The fourth-order valence-corrected chi connectivity index (χ4v) is 3.20. The van der Waals surface area contributed by atoms with E-state index in [1.165, 1.54) is 36.4 Å². The largest absolute Gasteiger partial charge is 0.422 e. The van der Waals surface area contributed by atoms with Gasteiger partial charge < -0.3 is 26.5 Å². The lowest BCUT2D eigenvalue weighted by Crippen LogP contribution is -2.20. The van der Waals surface area contributed by atoms with Crippen LogP contribution in [0.2, 0.25) is 0 Å². The molecule has 0 aliphatic heterocycles. The van der Waals surface area contributed by atoms with Crippen LogP contribution in [0.5, 0.6) is 0 Å². The molecule has 9 heteroatoms. The Morgan fingerprint density at radius 3 is 2.10 bits per heavy atom. The highest BCUT2D eigenvalue weighted by atomic mass is 16.4. The number of hydrogen-bond donors (Lipinski definition) is 4. The molecule has 4 aromatic rings. The first-order chi connectivity index (χ1) is 14.8. The summed E-state index contributed by atoms with van der Waals surface area (Å²) >= 11 is 0. The molecule has 154 valence electrons. The fraction of sp³-hybridized carbons (Fsp3) is 0. The molecule has 4 amide bonds. The molecule has 0 bridgehead atoms. The third-order valence-corrected chi connectivity index (χ3v) is 4.66. The first-order valence-electron chi connectivity index (χ1n) is 9.10. The monoisotopic (exact) mass is 416 g/mol. The smallest absolute Gasteiger partial charge is 0.344 e.